The number of benzene rings is 1. The zero-order valence-corrected chi connectivity index (χ0v) is 12.0. The standard InChI is InChI=1S/C11H10Br2O3/c1-11(2)15-9-7(13)4-3-6(5-12)8(9)10(14)16-11/h3-4H,5H2,1-2H3. The van der Waals surface area contributed by atoms with Gasteiger partial charge in [0.2, 0.25) is 5.79 Å². The molecule has 0 saturated carbocycles. The molecule has 1 aromatic carbocycles. The molecule has 0 bridgehead atoms. The van der Waals surface area contributed by atoms with Crippen molar-refractivity contribution < 1.29 is 14.3 Å². The van der Waals surface area contributed by atoms with E-state index in [1.807, 2.05) is 12.1 Å². The van der Waals surface area contributed by atoms with Crippen molar-refractivity contribution >= 4 is 37.8 Å². The van der Waals surface area contributed by atoms with Crippen molar-refractivity contribution in [3.8, 4) is 5.75 Å². The van der Waals surface area contributed by atoms with Crippen molar-refractivity contribution in [2.45, 2.75) is 25.0 Å². The van der Waals surface area contributed by atoms with Crippen LogP contribution < -0.4 is 4.74 Å². The molecule has 1 aliphatic heterocycles. The Morgan fingerprint density at radius 3 is 2.62 bits per heavy atom. The molecular weight excluding hydrogens is 340 g/mol. The summed E-state index contributed by atoms with van der Waals surface area (Å²) in [5, 5.41) is 0.585. The van der Waals surface area contributed by atoms with E-state index in [-0.39, 0.29) is 5.97 Å². The molecule has 3 nitrogen and oxygen atoms in total. The first kappa shape index (κ1) is 11.9. The molecule has 0 aliphatic carbocycles. The van der Waals surface area contributed by atoms with Gasteiger partial charge in [0.05, 0.1) is 4.47 Å². The fourth-order valence-corrected chi connectivity index (χ4v) is 2.45. The fraction of sp³-hybridized carbons (Fsp3) is 0.364. The Balaban J connectivity index is 2.63. The van der Waals surface area contributed by atoms with Gasteiger partial charge in [-0.3, -0.25) is 0 Å². The normalized spacial score (nSPS) is 17.4. The summed E-state index contributed by atoms with van der Waals surface area (Å²) >= 11 is 6.71. The average Bonchev–Trinajstić information content (AvgIpc) is 2.18. The lowest BCUT2D eigenvalue weighted by molar-refractivity contribution is -0.127. The lowest BCUT2D eigenvalue weighted by atomic mass is 10.1. The molecule has 1 heterocycles. The molecule has 86 valence electrons. The first-order chi connectivity index (χ1) is 7.44. The molecule has 0 aromatic heterocycles. The van der Waals surface area contributed by atoms with Gasteiger partial charge in [-0.25, -0.2) is 4.79 Å². The van der Waals surface area contributed by atoms with Crippen molar-refractivity contribution in [1.29, 1.82) is 0 Å². The quantitative estimate of drug-likeness (QED) is 0.573. The van der Waals surface area contributed by atoms with Crippen LogP contribution in [0.25, 0.3) is 0 Å². The Morgan fingerprint density at radius 2 is 2.00 bits per heavy atom. The molecule has 0 unspecified atom stereocenters. The Hall–Kier alpha value is -0.550. The summed E-state index contributed by atoms with van der Waals surface area (Å²) in [5.41, 5.74) is 1.35. The lowest BCUT2D eigenvalue weighted by Gasteiger charge is -2.33. The lowest BCUT2D eigenvalue weighted by Crippen LogP contribution is -2.39. The molecule has 0 fully saturated rings. The molecule has 2 rings (SSSR count). The summed E-state index contributed by atoms with van der Waals surface area (Å²) in [7, 11) is 0. The Kier molecular flexibility index (Phi) is 3.01. The van der Waals surface area contributed by atoms with Crippen LogP contribution in [-0.4, -0.2) is 11.8 Å². The van der Waals surface area contributed by atoms with Crippen LogP contribution >= 0.6 is 31.9 Å². The van der Waals surface area contributed by atoms with Gasteiger partial charge in [0.15, 0.2) is 5.75 Å². The van der Waals surface area contributed by atoms with E-state index < -0.39 is 5.79 Å². The first-order valence-corrected chi connectivity index (χ1v) is 6.66. The average molecular weight is 350 g/mol. The van der Waals surface area contributed by atoms with Crippen molar-refractivity contribution in [2.24, 2.45) is 0 Å². The van der Waals surface area contributed by atoms with Gasteiger partial charge in [-0.05, 0) is 27.6 Å². The van der Waals surface area contributed by atoms with E-state index in [0.717, 1.165) is 10.0 Å². The molecule has 16 heavy (non-hydrogen) atoms. The molecule has 0 N–H and O–H groups in total. The van der Waals surface area contributed by atoms with Gasteiger partial charge < -0.3 is 9.47 Å². The second-order valence-electron chi connectivity index (χ2n) is 3.94. The SMILES string of the molecule is CC1(C)OC(=O)c2c(CBr)ccc(Br)c2O1. The number of alkyl halides is 1. The van der Waals surface area contributed by atoms with E-state index in [2.05, 4.69) is 31.9 Å². The van der Waals surface area contributed by atoms with E-state index >= 15 is 0 Å². The Bertz CT molecular complexity index is 455. The van der Waals surface area contributed by atoms with Crippen molar-refractivity contribution in [3.63, 3.8) is 0 Å². The number of carbonyl (C=O) groups excluding carboxylic acids is 1. The Labute approximate surface area is 110 Å². The first-order valence-electron chi connectivity index (χ1n) is 4.74. The summed E-state index contributed by atoms with van der Waals surface area (Å²) < 4.78 is 11.6. The maximum absolute atomic E-state index is 11.9. The van der Waals surface area contributed by atoms with Crippen molar-refractivity contribution in [3.05, 3.63) is 27.7 Å². The number of cyclic esters (lactones) is 1. The molecule has 0 radical (unpaired) electrons. The van der Waals surface area contributed by atoms with Crippen LogP contribution in [0.1, 0.15) is 29.8 Å². The number of rotatable bonds is 1. The number of hydrogen-bond donors (Lipinski definition) is 0. The van der Waals surface area contributed by atoms with Gasteiger partial charge in [0, 0.05) is 19.2 Å². The maximum atomic E-state index is 11.9. The molecule has 0 amide bonds. The van der Waals surface area contributed by atoms with E-state index in [1.165, 1.54) is 0 Å². The second-order valence-corrected chi connectivity index (χ2v) is 5.35. The maximum Gasteiger partial charge on any atom is 0.345 e. The van der Waals surface area contributed by atoms with Crippen LogP contribution in [0.4, 0.5) is 0 Å². The van der Waals surface area contributed by atoms with Crippen molar-refractivity contribution in [1.82, 2.24) is 0 Å². The minimum atomic E-state index is -0.919. The van der Waals surface area contributed by atoms with Crippen LogP contribution in [0.3, 0.4) is 0 Å². The van der Waals surface area contributed by atoms with Gasteiger partial charge in [-0.15, -0.1) is 0 Å². The van der Waals surface area contributed by atoms with Crippen LogP contribution in [0.2, 0.25) is 0 Å². The largest absolute Gasteiger partial charge is 0.451 e. The van der Waals surface area contributed by atoms with Crippen LogP contribution in [-0.2, 0) is 10.1 Å². The summed E-state index contributed by atoms with van der Waals surface area (Å²) in [6.07, 6.45) is 0. The number of carbonyl (C=O) groups is 1. The third kappa shape index (κ3) is 1.98. The highest BCUT2D eigenvalue weighted by atomic mass is 79.9. The van der Waals surface area contributed by atoms with Gasteiger partial charge in [0.25, 0.3) is 0 Å². The summed E-state index contributed by atoms with van der Waals surface area (Å²) in [4.78, 5) is 11.9. The molecule has 5 heteroatoms. The monoisotopic (exact) mass is 348 g/mol. The minimum absolute atomic E-state index is 0.345. The second kappa shape index (κ2) is 4.04. The summed E-state index contributed by atoms with van der Waals surface area (Å²) in [5.74, 6) is -0.711. The highest BCUT2D eigenvalue weighted by Crippen LogP contribution is 2.39. The number of ether oxygens (including phenoxy) is 2. The van der Waals surface area contributed by atoms with E-state index in [4.69, 9.17) is 9.47 Å². The Morgan fingerprint density at radius 1 is 1.31 bits per heavy atom. The smallest absolute Gasteiger partial charge is 0.345 e. The molecular formula is C11H10Br2O3. The molecule has 1 aromatic rings. The molecule has 0 spiro atoms. The number of hydrogen-bond acceptors (Lipinski definition) is 3. The summed E-state index contributed by atoms with van der Waals surface area (Å²) in [6.45, 7) is 3.42. The van der Waals surface area contributed by atoms with Gasteiger partial charge in [-0.1, -0.05) is 22.0 Å². The molecule has 1 aliphatic rings. The third-order valence-corrected chi connectivity index (χ3v) is 3.46. The molecule has 0 atom stereocenters. The predicted octanol–water partition coefficient (Wildman–Crippen LogP) is 3.63. The molecule has 0 saturated heterocycles. The fourth-order valence-electron chi connectivity index (χ4n) is 1.57. The highest BCUT2D eigenvalue weighted by molar-refractivity contribution is 9.10. The highest BCUT2D eigenvalue weighted by Gasteiger charge is 2.36. The number of halogens is 2. The van der Waals surface area contributed by atoms with Gasteiger partial charge in [-0.2, -0.15) is 0 Å². The van der Waals surface area contributed by atoms with Gasteiger partial charge >= 0.3 is 5.97 Å². The number of esters is 1. The van der Waals surface area contributed by atoms with Crippen molar-refractivity contribution in [2.75, 3.05) is 0 Å². The van der Waals surface area contributed by atoms with Gasteiger partial charge in [0.1, 0.15) is 5.56 Å². The topological polar surface area (TPSA) is 35.5 Å². The van der Waals surface area contributed by atoms with E-state index in [9.17, 15) is 4.79 Å². The zero-order valence-electron chi connectivity index (χ0n) is 8.84. The summed E-state index contributed by atoms with van der Waals surface area (Å²) in [6, 6.07) is 3.73. The predicted molar refractivity (Wildman–Crippen MR) is 66.9 cm³/mol. The van der Waals surface area contributed by atoms with E-state index in [1.54, 1.807) is 13.8 Å². The zero-order chi connectivity index (χ0) is 11.9. The van der Waals surface area contributed by atoms with E-state index in [0.29, 0.717) is 16.6 Å². The number of fused-ring (bicyclic) bond motifs is 1. The minimum Gasteiger partial charge on any atom is -0.451 e. The van der Waals surface area contributed by atoms with Crippen LogP contribution in [0.15, 0.2) is 16.6 Å². The van der Waals surface area contributed by atoms with Crippen LogP contribution in [0, 0.1) is 0 Å². The van der Waals surface area contributed by atoms with Crippen LogP contribution in [0.5, 0.6) is 5.75 Å². The third-order valence-electron chi connectivity index (χ3n) is 2.23.